The first-order valence-corrected chi connectivity index (χ1v) is 7.81. The molecule has 0 bridgehead atoms. The smallest absolute Gasteiger partial charge is 0.235 e. The van der Waals surface area contributed by atoms with Crippen LogP contribution in [0.15, 0.2) is 53.3 Å². The molecule has 0 N–H and O–H groups in total. The van der Waals surface area contributed by atoms with Gasteiger partial charge in [-0.25, -0.2) is 0 Å². The number of benzene rings is 1. The fourth-order valence-corrected chi connectivity index (χ4v) is 3.32. The van der Waals surface area contributed by atoms with Crippen LogP contribution in [0.25, 0.3) is 26.9 Å². The van der Waals surface area contributed by atoms with Gasteiger partial charge in [0.1, 0.15) is 5.01 Å². The van der Waals surface area contributed by atoms with Crippen molar-refractivity contribution < 1.29 is 0 Å². The van der Waals surface area contributed by atoms with E-state index in [0.29, 0.717) is 0 Å². The van der Waals surface area contributed by atoms with Gasteiger partial charge in [-0.3, -0.25) is 4.98 Å². The summed E-state index contributed by atoms with van der Waals surface area (Å²) in [5, 5.41) is 13.9. The van der Waals surface area contributed by atoms with E-state index in [2.05, 4.69) is 36.2 Å². The van der Waals surface area contributed by atoms with Gasteiger partial charge < -0.3 is 0 Å². The summed E-state index contributed by atoms with van der Waals surface area (Å²) < 4.78 is 2.74. The first-order valence-electron chi connectivity index (χ1n) is 6.20. The molecule has 0 unspecified atom stereocenters. The Labute approximate surface area is 132 Å². The van der Waals surface area contributed by atoms with E-state index >= 15 is 0 Å². The Bertz CT molecular complexity index is 915. The highest BCUT2D eigenvalue weighted by molar-refractivity contribution is 9.10. The Morgan fingerprint density at radius 3 is 2.76 bits per heavy atom. The molecule has 0 spiro atoms. The van der Waals surface area contributed by atoms with E-state index in [1.807, 2.05) is 36.4 Å². The Balaban J connectivity index is 1.90. The molecule has 0 atom stereocenters. The van der Waals surface area contributed by atoms with Crippen LogP contribution in [0.3, 0.4) is 0 Å². The van der Waals surface area contributed by atoms with Gasteiger partial charge >= 0.3 is 0 Å². The van der Waals surface area contributed by atoms with E-state index in [4.69, 9.17) is 0 Å². The highest BCUT2D eigenvalue weighted by Crippen LogP contribution is 2.30. The van der Waals surface area contributed by atoms with E-state index in [1.54, 1.807) is 16.9 Å². The molecule has 0 amide bonds. The Morgan fingerprint density at radius 2 is 1.95 bits per heavy atom. The molecule has 102 valence electrons. The molecule has 4 rings (SSSR count). The molecule has 0 aliphatic carbocycles. The standard InChI is InChI=1S/C14H8BrN5S/c15-11-6-2-1-5-10(11)12-17-18-14-20(12)19-13(21-14)9-4-3-7-16-8-9/h1-8H. The van der Waals surface area contributed by atoms with Crippen LogP contribution >= 0.6 is 27.3 Å². The Morgan fingerprint density at radius 1 is 1.05 bits per heavy atom. The minimum absolute atomic E-state index is 0.726. The van der Waals surface area contributed by atoms with Crippen molar-refractivity contribution in [1.82, 2.24) is 24.8 Å². The molecule has 0 saturated heterocycles. The highest BCUT2D eigenvalue weighted by atomic mass is 79.9. The predicted octanol–water partition coefficient (Wildman–Crippen LogP) is 3.68. The maximum Gasteiger partial charge on any atom is 0.235 e. The molecular weight excluding hydrogens is 350 g/mol. The minimum Gasteiger partial charge on any atom is -0.264 e. The molecule has 3 heterocycles. The van der Waals surface area contributed by atoms with Crippen LogP contribution in [0.1, 0.15) is 0 Å². The third kappa shape index (κ3) is 2.14. The van der Waals surface area contributed by atoms with Gasteiger partial charge in [0.15, 0.2) is 5.82 Å². The second-order valence-corrected chi connectivity index (χ2v) is 6.16. The second-order valence-electron chi connectivity index (χ2n) is 4.35. The van der Waals surface area contributed by atoms with Gasteiger partial charge in [0.25, 0.3) is 0 Å². The zero-order valence-electron chi connectivity index (χ0n) is 10.6. The summed E-state index contributed by atoms with van der Waals surface area (Å²) in [6.07, 6.45) is 3.54. The molecule has 21 heavy (non-hydrogen) atoms. The molecule has 0 radical (unpaired) electrons. The summed E-state index contributed by atoms with van der Waals surface area (Å²) >= 11 is 5.03. The van der Waals surface area contributed by atoms with Gasteiger partial charge in [0.2, 0.25) is 4.96 Å². The molecule has 0 aliphatic rings. The molecule has 3 aromatic heterocycles. The van der Waals surface area contributed by atoms with Gasteiger partial charge in [-0.05, 0) is 24.3 Å². The van der Waals surface area contributed by atoms with Crippen molar-refractivity contribution >= 4 is 32.2 Å². The highest BCUT2D eigenvalue weighted by Gasteiger charge is 2.15. The molecule has 7 heteroatoms. The maximum absolute atomic E-state index is 4.61. The van der Waals surface area contributed by atoms with Crippen LogP contribution in [-0.2, 0) is 0 Å². The van der Waals surface area contributed by atoms with Crippen LogP contribution in [0.5, 0.6) is 0 Å². The zero-order valence-corrected chi connectivity index (χ0v) is 13.0. The number of rotatable bonds is 2. The molecule has 5 nitrogen and oxygen atoms in total. The number of hydrogen-bond donors (Lipinski definition) is 0. The summed E-state index contributed by atoms with van der Waals surface area (Å²) in [5.74, 6) is 0.726. The molecule has 0 saturated carbocycles. The lowest BCUT2D eigenvalue weighted by molar-refractivity contribution is 0.969. The monoisotopic (exact) mass is 357 g/mol. The number of fused-ring (bicyclic) bond motifs is 1. The maximum atomic E-state index is 4.61. The topological polar surface area (TPSA) is 56.0 Å². The first-order chi connectivity index (χ1) is 10.3. The lowest BCUT2D eigenvalue weighted by atomic mass is 10.2. The Kier molecular flexibility index (Phi) is 3.01. The van der Waals surface area contributed by atoms with Crippen molar-refractivity contribution in [3.05, 3.63) is 53.3 Å². The summed E-state index contributed by atoms with van der Waals surface area (Å²) in [7, 11) is 0. The zero-order chi connectivity index (χ0) is 14.2. The fourth-order valence-electron chi connectivity index (χ4n) is 2.03. The number of nitrogens with zero attached hydrogens (tertiary/aromatic N) is 5. The molecule has 0 aliphatic heterocycles. The van der Waals surface area contributed by atoms with E-state index in [0.717, 1.165) is 31.4 Å². The van der Waals surface area contributed by atoms with Crippen molar-refractivity contribution in [2.75, 3.05) is 0 Å². The van der Waals surface area contributed by atoms with Gasteiger partial charge in [0.05, 0.1) is 0 Å². The van der Waals surface area contributed by atoms with Crippen molar-refractivity contribution in [2.24, 2.45) is 0 Å². The van der Waals surface area contributed by atoms with Crippen LogP contribution in [0.2, 0.25) is 0 Å². The third-order valence-electron chi connectivity index (χ3n) is 3.01. The van der Waals surface area contributed by atoms with Gasteiger partial charge in [-0.15, -0.1) is 10.2 Å². The summed E-state index contributed by atoms with van der Waals surface area (Å²) in [5.41, 5.74) is 1.94. The number of aromatic nitrogens is 5. The predicted molar refractivity (Wildman–Crippen MR) is 85.0 cm³/mol. The van der Waals surface area contributed by atoms with E-state index in [9.17, 15) is 0 Å². The summed E-state index contributed by atoms with van der Waals surface area (Å²) in [6, 6.07) is 11.8. The van der Waals surface area contributed by atoms with Gasteiger partial charge in [-0.2, -0.15) is 9.61 Å². The van der Waals surface area contributed by atoms with Crippen LogP contribution in [-0.4, -0.2) is 24.8 Å². The van der Waals surface area contributed by atoms with Crippen molar-refractivity contribution in [2.45, 2.75) is 0 Å². The van der Waals surface area contributed by atoms with Crippen molar-refractivity contribution in [3.63, 3.8) is 0 Å². The van der Waals surface area contributed by atoms with E-state index in [-0.39, 0.29) is 0 Å². The third-order valence-corrected chi connectivity index (χ3v) is 4.65. The normalized spacial score (nSPS) is 11.1. The van der Waals surface area contributed by atoms with Gasteiger partial charge in [0, 0.05) is 28.0 Å². The van der Waals surface area contributed by atoms with Crippen LogP contribution in [0.4, 0.5) is 0 Å². The summed E-state index contributed by atoms with van der Waals surface area (Å²) in [4.78, 5) is 4.89. The average molecular weight is 358 g/mol. The minimum atomic E-state index is 0.726. The quantitative estimate of drug-likeness (QED) is 0.549. The van der Waals surface area contributed by atoms with E-state index < -0.39 is 0 Å². The largest absolute Gasteiger partial charge is 0.264 e. The van der Waals surface area contributed by atoms with Crippen molar-refractivity contribution in [1.29, 1.82) is 0 Å². The Hall–Kier alpha value is -2.12. The number of pyridine rings is 1. The SMILES string of the molecule is Brc1ccccc1-c1nnc2sc(-c3cccnc3)nn12. The molecule has 0 fully saturated rings. The average Bonchev–Trinajstić information content (AvgIpc) is 3.09. The van der Waals surface area contributed by atoms with Gasteiger partial charge in [-0.1, -0.05) is 39.4 Å². The second kappa shape index (κ2) is 5.01. The lowest BCUT2D eigenvalue weighted by Gasteiger charge is -1.99. The summed E-state index contributed by atoms with van der Waals surface area (Å²) in [6.45, 7) is 0. The molecule has 4 aromatic rings. The molecule has 1 aromatic carbocycles. The van der Waals surface area contributed by atoms with Crippen LogP contribution in [0, 0.1) is 0 Å². The van der Waals surface area contributed by atoms with E-state index in [1.165, 1.54) is 11.3 Å². The van der Waals surface area contributed by atoms with Crippen molar-refractivity contribution in [3.8, 4) is 22.0 Å². The van der Waals surface area contributed by atoms with Crippen LogP contribution < -0.4 is 0 Å². The molecular formula is C14H8BrN5S. The fraction of sp³-hybridized carbons (Fsp3) is 0. The number of hydrogen-bond acceptors (Lipinski definition) is 5. The lowest BCUT2D eigenvalue weighted by Crippen LogP contribution is -1.91. The number of halogens is 1. The first kappa shape index (κ1) is 12.6.